The fourth-order valence-corrected chi connectivity index (χ4v) is 3.66. The number of nitrogens with zero attached hydrogens (tertiary/aromatic N) is 4. The summed E-state index contributed by atoms with van der Waals surface area (Å²) >= 11 is 0. The summed E-state index contributed by atoms with van der Waals surface area (Å²) in [5.74, 6) is 0. The number of benzene rings is 1. The highest BCUT2D eigenvalue weighted by atomic mass is 16.6. The third-order valence-electron chi connectivity index (χ3n) is 5.14. The SMILES string of the molecule is CN1CCN(C2CCN(Cc3cccc([N+](=O)[O-])c3)CC2)CC1. The molecule has 0 N–H and O–H groups in total. The zero-order valence-corrected chi connectivity index (χ0v) is 13.9. The number of piperidine rings is 1. The summed E-state index contributed by atoms with van der Waals surface area (Å²) in [7, 11) is 2.19. The van der Waals surface area contributed by atoms with Gasteiger partial charge in [0, 0.05) is 50.9 Å². The molecular formula is C17H26N4O2. The van der Waals surface area contributed by atoms with Crippen molar-refractivity contribution in [3.8, 4) is 0 Å². The normalized spacial score (nSPS) is 22.3. The molecule has 0 unspecified atom stereocenters. The van der Waals surface area contributed by atoms with E-state index in [1.54, 1.807) is 18.2 Å². The summed E-state index contributed by atoms with van der Waals surface area (Å²) in [6, 6.07) is 7.74. The third kappa shape index (κ3) is 4.28. The van der Waals surface area contributed by atoms with E-state index in [4.69, 9.17) is 0 Å². The molecule has 1 aromatic rings. The molecule has 0 aliphatic carbocycles. The summed E-state index contributed by atoms with van der Waals surface area (Å²) < 4.78 is 0. The van der Waals surface area contributed by atoms with Crippen LogP contribution in [-0.2, 0) is 6.54 Å². The number of piperazine rings is 1. The maximum Gasteiger partial charge on any atom is 0.269 e. The van der Waals surface area contributed by atoms with Crippen LogP contribution < -0.4 is 0 Å². The van der Waals surface area contributed by atoms with E-state index < -0.39 is 0 Å². The minimum atomic E-state index is -0.316. The fraction of sp³-hybridized carbons (Fsp3) is 0.647. The Bertz CT molecular complexity index is 535. The monoisotopic (exact) mass is 318 g/mol. The highest BCUT2D eigenvalue weighted by molar-refractivity contribution is 5.34. The number of likely N-dealkylation sites (N-methyl/N-ethyl adjacent to an activating group) is 1. The van der Waals surface area contributed by atoms with E-state index in [9.17, 15) is 10.1 Å². The van der Waals surface area contributed by atoms with Crippen LogP contribution in [0.5, 0.6) is 0 Å². The number of likely N-dealkylation sites (tertiary alicyclic amines) is 1. The van der Waals surface area contributed by atoms with Crippen LogP contribution in [0.25, 0.3) is 0 Å². The fourth-order valence-electron chi connectivity index (χ4n) is 3.66. The second kappa shape index (κ2) is 7.38. The van der Waals surface area contributed by atoms with Gasteiger partial charge in [-0.3, -0.25) is 19.9 Å². The van der Waals surface area contributed by atoms with E-state index in [1.165, 1.54) is 39.0 Å². The average Bonchev–Trinajstić information content (AvgIpc) is 2.57. The molecule has 2 saturated heterocycles. The van der Waals surface area contributed by atoms with Crippen molar-refractivity contribution in [2.45, 2.75) is 25.4 Å². The summed E-state index contributed by atoms with van der Waals surface area (Å²) in [6.07, 6.45) is 2.41. The van der Waals surface area contributed by atoms with Crippen LogP contribution in [0.1, 0.15) is 18.4 Å². The van der Waals surface area contributed by atoms with Gasteiger partial charge in [-0.15, -0.1) is 0 Å². The molecule has 6 heteroatoms. The maximum absolute atomic E-state index is 10.9. The van der Waals surface area contributed by atoms with Gasteiger partial charge in [-0.25, -0.2) is 0 Å². The first-order valence-electron chi connectivity index (χ1n) is 8.50. The lowest BCUT2D eigenvalue weighted by Gasteiger charge is -2.42. The van der Waals surface area contributed by atoms with Crippen molar-refractivity contribution in [3.05, 3.63) is 39.9 Å². The number of rotatable bonds is 4. The Morgan fingerprint density at radius 3 is 2.48 bits per heavy atom. The molecule has 0 aromatic heterocycles. The Balaban J connectivity index is 1.49. The van der Waals surface area contributed by atoms with E-state index in [0.717, 1.165) is 25.2 Å². The highest BCUT2D eigenvalue weighted by Gasteiger charge is 2.26. The summed E-state index contributed by atoms with van der Waals surface area (Å²) in [4.78, 5) is 18.0. The largest absolute Gasteiger partial charge is 0.304 e. The molecule has 23 heavy (non-hydrogen) atoms. The van der Waals surface area contributed by atoms with Crippen LogP contribution in [0.15, 0.2) is 24.3 Å². The van der Waals surface area contributed by atoms with E-state index in [0.29, 0.717) is 6.04 Å². The molecule has 0 spiro atoms. The second-order valence-electron chi connectivity index (χ2n) is 6.77. The summed E-state index contributed by atoms with van der Waals surface area (Å²) in [6.45, 7) is 7.70. The molecule has 0 radical (unpaired) electrons. The standard InChI is InChI=1S/C17H26N4O2/c1-18-9-11-20(12-10-18)16-5-7-19(8-6-16)14-15-3-2-4-17(13-15)21(22)23/h2-4,13,16H,5-12,14H2,1H3. The predicted molar refractivity (Wildman–Crippen MR) is 90.5 cm³/mol. The number of non-ortho nitro benzene ring substituents is 1. The van der Waals surface area contributed by atoms with Crippen molar-refractivity contribution in [2.24, 2.45) is 0 Å². The highest BCUT2D eigenvalue weighted by Crippen LogP contribution is 2.21. The smallest absolute Gasteiger partial charge is 0.269 e. The summed E-state index contributed by atoms with van der Waals surface area (Å²) in [5.41, 5.74) is 1.23. The van der Waals surface area contributed by atoms with Crippen molar-refractivity contribution < 1.29 is 4.92 Å². The Labute approximate surface area is 137 Å². The van der Waals surface area contributed by atoms with Gasteiger partial charge in [0.05, 0.1) is 4.92 Å². The van der Waals surface area contributed by atoms with Gasteiger partial charge < -0.3 is 4.90 Å². The topological polar surface area (TPSA) is 52.9 Å². The lowest BCUT2D eigenvalue weighted by atomic mass is 10.0. The molecule has 2 aliphatic rings. The van der Waals surface area contributed by atoms with Crippen molar-refractivity contribution in [1.82, 2.24) is 14.7 Å². The molecule has 2 fully saturated rings. The van der Waals surface area contributed by atoms with Crippen molar-refractivity contribution in [1.29, 1.82) is 0 Å². The van der Waals surface area contributed by atoms with Crippen molar-refractivity contribution >= 4 is 5.69 Å². The van der Waals surface area contributed by atoms with Gasteiger partial charge in [-0.2, -0.15) is 0 Å². The van der Waals surface area contributed by atoms with Gasteiger partial charge in [-0.05, 0) is 38.5 Å². The Morgan fingerprint density at radius 1 is 1.13 bits per heavy atom. The van der Waals surface area contributed by atoms with Gasteiger partial charge in [0.15, 0.2) is 0 Å². The summed E-state index contributed by atoms with van der Waals surface area (Å²) in [5, 5.41) is 10.9. The molecule has 6 nitrogen and oxygen atoms in total. The molecule has 0 amide bonds. The number of nitro groups is 1. The van der Waals surface area contributed by atoms with Gasteiger partial charge in [0.25, 0.3) is 5.69 Å². The van der Waals surface area contributed by atoms with Crippen molar-refractivity contribution in [2.75, 3.05) is 46.3 Å². The molecular weight excluding hydrogens is 292 g/mol. The van der Waals surface area contributed by atoms with E-state index in [-0.39, 0.29) is 10.6 Å². The van der Waals surface area contributed by atoms with Crippen LogP contribution in [0, 0.1) is 10.1 Å². The quantitative estimate of drug-likeness (QED) is 0.626. The molecule has 2 aliphatic heterocycles. The van der Waals surface area contributed by atoms with Gasteiger partial charge in [0.1, 0.15) is 0 Å². The van der Waals surface area contributed by atoms with E-state index in [2.05, 4.69) is 21.7 Å². The van der Waals surface area contributed by atoms with Crippen LogP contribution >= 0.6 is 0 Å². The first-order valence-corrected chi connectivity index (χ1v) is 8.50. The van der Waals surface area contributed by atoms with Gasteiger partial charge in [0.2, 0.25) is 0 Å². The molecule has 3 rings (SSSR count). The minimum Gasteiger partial charge on any atom is -0.304 e. The number of hydrogen-bond donors (Lipinski definition) is 0. The molecule has 1 aromatic carbocycles. The second-order valence-corrected chi connectivity index (χ2v) is 6.77. The molecule has 0 saturated carbocycles. The van der Waals surface area contributed by atoms with E-state index >= 15 is 0 Å². The molecule has 2 heterocycles. The first-order chi connectivity index (χ1) is 11.1. The molecule has 0 atom stereocenters. The number of nitro benzene ring substituents is 1. The minimum absolute atomic E-state index is 0.190. The van der Waals surface area contributed by atoms with Crippen molar-refractivity contribution in [3.63, 3.8) is 0 Å². The molecule has 0 bridgehead atoms. The van der Waals surface area contributed by atoms with Crippen LogP contribution in [0.3, 0.4) is 0 Å². The number of hydrogen-bond acceptors (Lipinski definition) is 5. The predicted octanol–water partition coefficient (Wildman–Crippen LogP) is 1.81. The van der Waals surface area contributed by atoms with Gasteiger partial charge >= 0.3 is 0 Å². The maximum atomic E-state index is 10.9. The lowest BCUT2D eigenvalue weighted by molar-refractivity contribution is -0.384. The first kappa shape index (κ1) is 16.4. The van der Waals surface area contributed by atoms with Gasteiger partial charge in [-0.1, -0.05) is 12.1 Å². The zero-order chi connectivity index (χ0) is 16.2. The Hall–Kier alpha value is -1.50. The lowest BCUT2D eigenvalue weighted by Crippen LogP contribution is -2.52. The zero-order valence-electron chi connectivity index (χ0n) is 13.9. The van der Waals surface area contributed by atoms with Crippen LogP contribution in [-0.4, -0.2) is 72.0 Å². The third-order valence-corrected chi connectivity index (χ3v) is 5.14. The van der Waals surface area contributed by atoms with Crippen LogP contribution in [0.2, 0.25) is 0 Å². The van der Waals surface area contributed by atoms with E-state index in [1.807, 2.05) is 6.07 Å². The molecule has 126 valence electrons. The average molecular weight is 318 g/mol. The Morgan fingerprint density at radius 2 is 1.83 bits per heavy atom. The van der Waals surface area contributed by atoms with Crippen LogP contribution in [0.4, 0.5) is 5.69 Å². The Kier molecular flexibility index (Phi) is 5.25.